The Morgan fingerprint density at radius 3 is 2.42 bits per heavy atom. The minimum atomic E-state index is -0.627. The zero-order chi connectivity index (χ0) is 27.8. The number of aromatic amines is 1. The van der Waals surface area contributed by atoms with Crippen LogP contribution in [0, 0.1) is 13.8 Å². The largest absolute Gasteiger partial charge is 0.506 e. The first-order valence-electron chi connectivity index (χ1n) is 13.1. The molecule has 0 spiro atoms. The van der Waals surface area contributed by atoms with Gasteiger partial charge in [-0.25, -0.2) is 9.79 Å². The minimum absolute atomic E-state index is 0.0398. The number of hydrogen-bond acceptors (Lipinski definition) is 7. The molecule has 8 nitrogen and oxygen atoms in total. The average molecular weight is 539 g/mol. The third-order valence-electron chi connectivity index (χ3n) is 6.53. The monoisotopic (exact) mass is 538 g/mol. The number of hydrogen-bond donors (Lipinski definition) is 3. The summed E-state index contributed by atoms with van der Waals surface area (Å²) in [7, 11) is 0. The van der Waals surface area contributed by atoms with E-state index in [2.05, 4.69) is 41.0 Å². The van der Waals surface area contributed by atoms with Gasteiger partial charge in [0.05, 0.1) is 22.8 Å². The molecule has 1 amide bonds. The maximum atomic E-state index is 13.0. The molecule has 3 rings (SSSR count). The van der Waals surface area contributed by atoms with Crippen molar-refractivity contribution in [3.63, 3.8) is 0 Å². The van der Waals surface area contributed by atoms with Crippen LogP contribution in [0.25, 0.3) is 6.08 Å². The molecule has 0 saturated heterocycles. The number of amides is 1. The average Bonchev–Trinajstić information content (AvgIpc) is 3.36. The first-order chi connectivity index (χ1) is 18.2. The first-order valence-corrected chi connectivity index (χ1v) is 13.9. The van der Waals surface area contributed by atoms with E-state index in [1.165, 1.54) is 17.3 Å². The van der Waals surface area contributed by atoms with E-state index in [1.54, 1.807) is 13.0 Å². The van der Waals surface area contributed by atoms with Gasteiger partial charge < -0.3 is 25.0 Å². The van der Waals surface area contributed by atoms with E-state index in [-0.39, 0.29) is 23.8 Å². The number of ether oxygens (including phenoxy) is 1. The molecule has 0 aliphatic carbocycles. The van der Waals surface area contributed by atoms with Crippen LogP contribution in [0.15, 0.2) is 45.5 Å². The number of aliphatic hydroxyl groups excluding tert-OH is 1. The van der Waals surface area contributed by atoms with Crippen molar-refractivity contribution in [2.75, 3.05) is 32.8 Å². The molecule has 1 aromatic carbocycles. The minimum Gasteiger partial charge on any atom is -0.506 e. The van der Waals surface area contributed by atoms with Crippen molar-refractivity contribution in [3.05, 3.63) is 68.6 Å². The highest BCUT2D eigenvalue weighted by Crippen LogP contribution is 2.40. The van der Waals surface area contributed by atoms with Crippen LogP contribution in [0.5, 0.6) is 0 Å². The number of thioether (sulfide) groups is 1. The molecule has 0 bridgehead atoms. The molecular formula is C29H38N4O4S. The Morgan fingerprint density at radius 1 is 1.13 bits per heavy atom. The number of aromatic nitrogens is 1. The van der Waals surface area contributed by atoms with Crippen molar-refractivity contribution < 1.29 is 19.4 Å². The predicted octanol–water partition coefficient (Wildman–Crippen LogP) is 5.46. The summed E-state index contributed by atoms with van der Waals surface area (Å²) in [5.41, 5.74) is 4.66. The second kappa shape index (κ2) is 13.5. The summed E-state index contributed by atoms with van der Waals surface area (Å²) >= 11 is 1.20. The topological polar surface area (TPSA) is 107 Å². The van der Waals surface area contributed by atoms with E-state index in [0.717, 1.165) is 37.3 Å². The van der Waals surface area contributed by atoms with Crippen LogP contribution >= 0.6 is 11.8 Å². The fraction of sp³-hybridized carbons (Fsp3) is 0.414. The number of rotatable bonds is 11. The van der Waals surface area contributed by atoms with E-state index < -0.39 is 5.97 Å². The second-order valence-corrected chi connectivity index (χ2v) is 9.97. The lowest BCUT2D eigenvalue weighted by Crippen LogP contribution is -2.35. The van der Waals surface area contributed by atoms with Crippen LogP contribution < -0.4 is 5.32 Å². The van der Waals surface area contributed by atoms with Gasteiger partial charge in [-0.15, -0.1) is 0 Å². The number of aryl methyl sites for hydroxylation is 2. The van der Waals surface area contributed by atoms with Gasteiger partial charge in [-0.1, -0.05) is 44.7 Å². The normalized spacial score (nSPS) is 15.7. The summed E-state index contributed by atoms with van der Waals surface area (Å²) in [5, 5.41) is 14.4. The van der Waals surface area contributed by atoms with E-state index in [4.69, 9.17) is 4.74 Å². The van der Waals surface area contributed by atoms with Crippen molar-refractivity contribution in [2.24, 2.45) is 4.99 Å². The molecule has 0 fully saturated rings. The van der Waals surface area contributed by atoms with E-state index in [0.29, 0.717) is 33.4 Å². The number of nitrogens with one attached hydrogen (secondary N) is 2. The van der Waals surface area contributed by atoms with Gasteiger partial charge in [0, 0.05) is 24.5 Å². The Balaban J connectivity index is 1.91. The number of benzene rings is 1. The number of likely N-dealkylation sites (N-methyl/N-ethyl adjacent to an activating group) is 1. The molecule has 38 heavy (non-hydrogen) atoms. The van der Waals surface area contributed by atoms with E-state index >= 15 is 0 Å². The van der Waals surface area contributed by atoms with Gasteiger partial charge in [0.15, 0.2) is 0 Å². The molecule has 3 N–H and O–H groups in total. The van der Waals surface area contributed by atoms with Crippen molar-refractivity contribution >= 4 is 40.4 Å². The molecule has 204 valence electrons. The van der Waals surface area contributed by atoms with Crippen LogP contribution in [-0.4, -0.2) is 64.7 Å². The highest BCUT2D eigenvalue weighted by atomic mass is 32.2. The maximum absolute atomic E-state index is 13.0. The van der Waals surface area contributed by atoms with Crippen molar-refractivity contribution in [3.8, 4) is 0 Å². The van der Waals surface area contributed by atoms with E-state index in [9.17, 15) is 14.7 Å². The molecule has 2 aromatic rings. The van der Waals surface area contributed by atoms with Crippen LogP contribution in [0.2, 0.25) is 0 Å². The Bertz CT molecular complexity index is 1250. The highest BCUT2D eigenvalue weighted by Gasteiger charge is 2.33. The number of nitrogens with zero attached hydrogens (tertiary/aromatic N) is 2. The SMILES string of the molecule is CCOC(=O)C1=C(O)/C(=C\c2[nH]c(C)c(C(=O)NCCN(CC)CC)c2C)SC1=Nc1ccc(CC)cc1. The fourth-order valence-electron chi connectivity index (χ4n) is 4.26. The number of carbonyl (C=O) groups is 2. The predicted molar refractivity (Wildman–Crippen MR) is 155 cm³/mol. The third-order valence-corrected chi connectivity index (χ3v) is 7.55. The van der Waals surface area contributed by atoms with Gasteiger partial charge >= 0.3 is 5.97 Å². The van der Waals surface area contributed by atoms with E-state index in [1.807, 2.05) is 38.1 Å². The molecular weight excluding hydrogens is 500 g/mol. The summed E-state index contributed by atoms with van der Waals surface area (Å²) in [4.78, 5) is 36.3. The van der Waals surface area contributed by atoms with Gasteiger partial charge in [-0.05, 0) is 69.6 Å². The quantitative estimate of drug-likeness (QED) is 0.328. The number of carbonyl (C=O) groups excluding carboxylic acids is 2. The fourth-order valence-corrected chi connectivity index (χ4v) is 5.28. The molecule has 0 unspecified atom stereocenters. The van der Waals surface area contributed by atoms with Crippen LogP contribution in [-0.2, 0) is 16.0 Å². The number of H-pyrrole nitrogens is 1. The Kier molecular flexibility index (Phi) is 10.4. The van der Waals surface area contributed by atoms with Crippen LogP contribution in [0.3, 0.4) is 0 Å². The lowest BCUT2D eigenvalue weighted by molar-refractivity contribution is -0.138. The third kappa shape index (κ3) is 6.76. The molecule has 1 aromatic heterocycles. The van der Waals surface area contributed by atoms with Gasteiger partial charge in [0.2, 0.25) is 0 Å². The number of aliphatic hydroxyl groups is 1. The zero-order valence-electron chi connectivity index (χ0n) is 23.1. The molecule has 0 radical (unpaired) electrons. The first kappa shape index (κ1) is 29.3. The van der Waals surface area contributed by atoms with Gasteiger partial charge in [0.1, 0.15) is 16.4 Å². The summed E-state index contributed by atoms with van der Waals surface area (Å²) in [5.74, 6) is -0.955. The van der Waals surface area contributed by atoms with Crippen molar-refractivity contribution in [1.29, 1.82) is 0 Å². The lowest BCUT2D eigenvalue weighted by Gasteiger charge is -2.18. The van der Waals surface area contributed by atoms with Crippen LogP contribution in [0.4, 0.5) is 5.69 Å². The summed E-state index contributed by atoms with van der Waals surface area (Å²) in [6.07, 6.45) is 2.66. The van der Waals surface area contributed by atoms with Crippen molar-refractivity contribution in [1.82, 2.24) is 15.2 Å². The highest BCUT2D eigenvalue weighted by molar-refractivity contribution is 8.18. The molecule has 0 saturated carbocycles. The van der Waals surface area contributed by atoms with Gasteiger partial charge in [-0.3, -0.25) is 4.79 Å². The van der Waals surface area contributed by atoms with Gasteiger partial charge in [0.25, 0.3) is 5.91 Å². The maximum Gasteiger partial charge on any atom is 0.344 e. The number of esters is 1. The second-order valence-electron chi connectivity index (χ2n) is 8.94. The zero-order valence-corrected chi connectivity index (χ0v) is 23.9. The summed E-state index contributed by atoms with van der Waals surface area (Å²) in [6.45, 7) is 15.1. The molecule has 2 heterocycles. The Morgan fingerprint density at radius 2 is 1.82 bits per heavy atom. The molecule has 0 atom stereocenters. The Hall–Kier alpha value is -3.30. The number of aliphatic imine (C=N–C) groups is 1. The standard InChI is InChI=1S/C29H38N4O4S/c1-7-20-11-13-21(14-12-20)32-28-25(29(36)37-10-4)26(34)23(38-28)17-22-18(5)24(19(6)31-22)27(35)30-15-16-33(8-2)9-3/h11-14,17,31,34H,7-10,15-16H2,1-6H3,(H,30,35)/b23-17+,32-28?. The lowest BCUT2D eigenvalue weighted by atomic mass is 10.1. The molecule has 9 heteroatoms. The summed E-state index contributed by atoms with van der Waals surface area (Å²) < 4.78 is 5.21. The van der Waals surface area contributed by atoms with Gasteiger partial charge in [-0.2, -0.15) is 0 Å². The molecule has 1 aliphatic rings. The smallest absolute Gasteiger partial charge is 0.344 e. The molecule has 1 aliphatic heterocycles. The summed E-state index contributed by atoms with van der Waals surface area (Å²) in [6, 6.07) is 7.75. The van der Waals surface area contributed by atoms with Crippen LogP contribution in [0.1, 0.15) is 60.6 Å². The van der Waals surface area contributed by atoms with Crippen molar-refractivity contribution in [2.45, 2.75) is 48.0 Å². The Labute approximate surface area is 229 Å².